The van der Waals surface area contributed by atoms with Gasteiger partial charge in [0, 0.05) is 16.7 Å². The minimum absolute atomic E-state index is 0.159. The van der Waals surface area contributed by atoms with Crippen LogP contribution in [0, 0.1) is 0 Å². The molecule has 1 aliphatic rings. The first-order valence-electron chi connectivity index (χ1n) is 6.24. The zero-order chi connectivity index (χ0) is 15.2. The summed E-state index contributed by atoms with van der Waals surface area (Å²) in [5, 5.41) is 3.03. The Balaban J connectivity index is 1.98. The fraction of sp³-hybridized carbons (Fsp3) is 0.200. The van der Waals surface area contributed by atoms with Crippen LogP contribution in [0.2, 0.25) is 5.02 Å². The van der Waals surface area contributed by atoms with E-state index in [0.717, 1.165) is 16.9 Å². The molecule has 0 fully saturated rings. The number of halogens is 1. The van der Waals surface area contributed by atoms with Gasteiger partial charge in [-0.2, -0.15) is 0 Å². The second kappa shape index (κ2) is 6.95. The Kier molecular flexibility index (Phi) is 5.00. The second-order valence-corrected chi connectivity index (χ2v) is 4.75. The van der Waals surface area contributed by atoms with Crippen LogP contribution in [0.3, 0.4) is 0 Å². The van der Waals surface area contributed by atoms with Gasteiger partial charge in [0.1, 0.15) is 18.9 Å². The fourth-order valence-corrected chi connectivity index (χ4v) is 1.92. The van der Waals surface area contributed by atoms with Gasteiger partial charge in [-0.05, 0) is 29.8 Å². The number of fused-ring (bicyclic) bond motifs is 1. The van der Waals surface area contributed by atoms with Gasteiger partial charge >= 0.3 is 5.97 Å². The Morgan fingerprint density at radius 1 is 1.48 bits per heavy atom. The van der Waals surface area contributed by atoms with Gasteiger partial charge in [-0.25, -0.2) is 0 Å². The Labute approximate surface area is 127 Å². The van der Waals surface area contributed by atoms with Crippen LogP contribution < -0.4 is 10.1 Å². The summed E-state index contributed by atoms with van der Waals surface area (Å²) >= 11 is 5.93. The van der Waals surface area contributed by atoms with E-state index < -0.39 is 5.97 Å². The summed E-state index contributed by atoms with van der Waals surface area (Å²) in [5.41, 5.74) is 1.70. The molecular formula is C15H14ClNO4. The maximum Gasteiger partial charge on any atom is 0.325 e. The zero-order valence-corrected chi connectivity index (χ0v) is 12.1. The molecule has 110 valence electrons. The molecule has 1 aliphatic heterocycles. The fourth-order valence-electron chi connectivity index (χ4n) is 1.74. The van der Waals surface area contributed by atoms with E-state index in [1.54, 1.807) is 24.3 Å². The summed E-state index contributed by atoms with van der Waals surface area (Å²) in [6.07, 6.45) is 4.87. The highest BCUT2D eigenvalue weighted by Crippen LogP contribution is 2.29. The lowest BCUT2D eigenvalue weighted by molar-refractivity contribution is -0.140. The lowest BCUT2D eigenvalue weighted by Gasteiger charge is -2.16. The van der Waals surface area contributed by atoms with Gasteiger partial charge in [0.15, 0.2) is 0 Å². The molecule has 2 rings (SSSR count). The summed E-state index contributed by atoms with van der Waals surface area (Å²) in [7, 11) is 1.26. The highest BCUT2D eigenvalue weighted by Gasteiger charge is 2.10. The van der Waals surface area contributed by atoms with Crippen LogP contribution in [0.15, 0.2) is 35.9 Å². The Morgan fingerprint density at radius 3 is 3.05 bits per heavy atom. The van der Waals surface area contributed by atoms with E-state index in [9.17, 15) is 9.59 Å². The van der Waals surface area contributed by atoms with Crippen molar-refractivity contribution >= 4 is 29.6 Å². The molecule has 0 aromatic heterocycles. The molecule has 0 spiro atoms. The summed E-state index contributed by atoms with van der Waals surface area (Å²) in [4.78, 5) is 22.4. The standard InChI is InChI=1S/C15H14ClNO4/c1-20-15(19)8-17-14(18)5-2-10-6-11-7-12(16)3-4-13(11)21-9-10/h2-7H,8-9H2,1H3,(H,17,18)/b5-2+. The van der Waals surface area contributed by atoms with Gasteiger partial charge in [-0.1, -0.05) is 17.7 Å². The van der Waals surface area contributed by atoms with Crippen molar-refractivity contribution in [2.45, 2.75) is 0 Å². The molecule has 1 aromatic rings. The molecule has 6 heteroatoms. The number of nitrogens with one attached hydrogen (secondary N) is 1. The number of carbonyl (C=O) groups is 2. The zero-order valence-electron chi connectivity index (χ0n) is 11.4. The SMILES string of the molecule is COC(=O)CNC(=O)/C=C/C1=Cc2cc(Cl)ccc2OC1. The van der Waals surface area contributed by atoms with Gasteiger partial charge in [-0.15, -0.1) is 0 Å². The molecule has 0 unspecified atom stereocenters. The molecule has 1 N–H and O–H groups in total. The molecule has 0 bridgehead atoms. The van der Waals surface area contributed by atoms with Gasteiger partial charge in [0.25, 0.3) is 0 Å². The quantitative estimate of drug-likeness (QED) is 0.682. The molecule has 1 heterocycles. The van der Waals surface area contributed by atoms with E-state index >= 15 is 0 Å². The highest BCUT2D eigenvalue weighted by atomic mass is 35.5. The van der Waals surface area contributed by atoms with E-state index in [1.165, 1.54) is 13.2 Å². The van der Waals surface area contributed by atoms with Gasteiger partial charge < -0.3 is 14.8 Å². The van der Waals surface area contributed by atoms with Crippen molar-refractivity contribution in [1.29, 1.82) is 0 Å². The molecule has 1 amide bonds. The molecule has 0 saturated carbocycles. The lowest BCUT2D eigenvalue weighted by atomic mass is 10.1. The molecule has 21 heavy (non-hydrogen) atoms. The maximum absolute atomic E-state index is 11.5. The Bertz CT molecular complexity index is 622. The minimum Gasteiger partial charge on any atom is -0.488 e. The predicted molar refractivity (Wildman–Crippen MR) is 79.1 cm³/mol. The smallest absolute Gasteiger partial charge is 0.325 e. The van der Waals surface area contributed by atoms with Gasteiger partial charge in [-0.3, -0.25) is 9.59 Å². The van der Waals surface area contributed by atoms with Crippen LogP contribution in [0.5, 0.6) is 5.75 Å². The first-order valence-corrected chi connectivity index (χ1v) is 6.62. The van der Waals surface area contributed by atoms with E-state index in [0.29, 0.717) is 11.6 Å². The van der Waals surface area contributed by atoms with Crippen LogP contribution >= 0.6 is 11.6 Å². The molecular weight excluding hydrogens is 294 g/mol. The van der Waals surface area contributed by atoms with Crippen molar-refractivity contribution in [3.05, 3.63) is 46.5 Å². The van der Waals surface area contributed by atoms with Crippen LogP contribution in [-0.2, 0) is 14.3 Å². The number of hydrogen-bond donors (Lipinski definition) is 1. The first-order chi connectivity index (χ1) is 10.1. The van der Waals surface area contributed by atoms with E-state index in [2.05, 4.69) is 10.1 Å². The topological polar surface area (TPSA) is 64.6 Å². The number of methoxy groups -OCH3 is 1. The number of rotatable bonds is 4. The maximum atomic E-state index is 11.5. The lowest BCUT2D eigenvalue weighted by Crippen LogP contribution is -2.28. The van der Waals surface area contributed by atoms with E-state index in [1.807, 2.05) is 6.08 Å². The molecule has 0 atom stereocenters. The number of benzene rings is 1. The Hall–Kier alpha value is -2.27. The van der Waals surface area contributed by atoms with E-state index in [4.69, 9.17) is 16.3 Å². The van der Waals surface area contributed by atoms with Crippen molar-refractivity contribution in [3.8, 4) is 5.75 Å². The third-order valence-electron chi connectivity index (χ3n) is 2.79. The Morgan fingerprint density at radius 2 is 2.29 bits per heavy atom. The van der Waals surface area contributed by atoms with Crippen molar-refractivity contribution < 1.29 is 19.1 Å². The normalized spacial score (nSPS) is 13.1. The number of carbonyl (C=O) groups excluding carboxylic acids is 2. The van der Waals surface area contributed by atoms with Crippen molar-refractivity contribution in [2.24, 2.45) is 0 Å². The van der Waals surface area contributed by atoms with Crippen LogP contribution in [0.25, 0.3) is 6.08 Å². The van der Waals surface area contributed by atoms with Crippen molar-refractivity contribution in [2.75, 3.05) is 20.3 Å². The molecule has 0 saturated heterocycles. The summed E-state index contributed by atoms with van der Waals surface area (Å²) < 4.78 is 9.98. The minimum atomic E-state index is -0.500. The monoisotopic (exact) mass is 307 g/mol. The molecule has 1 aromatic carbocycles. The first kappa shape index (κ1) is 15.1. The largest absolute Gasteiger partial charge is 0.488 e. The number of amides is 1. The average molecular weight is 308 g/mol. The van der Waals surface area contributed by atoms with Crippen LogP contribution in [-0.4, -0.2) is 32.1 Å². The summed E-state index contributed by atoms with van der Waals surface area (Å²) in [6, 6.07) is 5.36. The number of hydrogen-bond acceptors (Lipinski definition) is 4. The third-order valence-corrected chi connectivity index (χ3v) is 3.03. The average Bonchev–Trinajstić information content (AvgIpc) is 2.49. The summed E-state index contributed by atoms with van der Waals surface area (Å²) in [6.45, 7) is 0.211. The van der Waals surface area contributed by atoms with Gasteiger partial charge in [0.2, 0.25) is 5.91 Å². The second-order valence-electron chi connectivity index (χ2n) is 4.32. The van der Waals surface area contributed by atoms with E-state index in [-0.39, 0.29) is 12.5 Å². The third kappa shape index (κ3) is 4.36. The number of esters is 1. The van der Waals surface area contributed by atoms with Crippen molar-refractivity contribution in [3.63, 3.8) is 0 Å². The predicted octanol–water partition coefficient (Wildman–Crippen LogP) is 1.96. The van der Waals surface area contributed by atoms with Gasteiger partial charge in [0.05, 0.1) is 7.11 Å². The van der Waals surface area contributed by atoms with Crippen LogP contribution in [0.4, 0.5) is 0 Å². The number of ether oxygens (including phenoxy) is 2. The van der Waals surface area contributed by atoms with Crippen molar-refractivity contribution in [1.82, 2.24) is 5.32 Å². The molecule has 0 aliphatic carbocycles. The molecule has 0 radical (unpaired) electrons. The van der Waals surface area contributed by atoms with Crippen LogP contribution in [0.1, 0.15) is 5.56 Å². The molecule has 5 nitrogen and oxygen atoms in total. The summed E-state index contributed by atoms with van der Waals surface area (Å²) in [5.74, 6) is -0.120. The highest BCUT2D eigenvalue weighted by molar-refractivity contribution is 6.30.